The molecule has 1 amide bonds. The Balaban J connectivity index is 1.75. The Kier molecular flexibility index (Phi) is 5.50. The van der Waals surface area contributed by atoms with Gasteiger partial charge in [0, 0.05) is 44.6 Å². The van der Waals surface area contributed by atoms with Crippen molar-refractivity contribution < 1.29 is 4.79 Å². The minimum Gasteiger partial charge on any atom is -0.352 e. The highest BCUT2D eigenvalue weighted by Gasteiger charge is 2.21. The summed E-state index contributed by atoms with van der Waals surface area (Å²) >= 11 is 0. The summed E-state index contributed by atoms with van der Waals surface area (Å²) in [5, 5.41) is 3.05. The predicted molar refractivity (Wildman–Crippen MR) is 83.1 cm³/mol. The molecule has 1 aromatic heterocycles. The van der Waals surface area contributed by atoms with Crippen LogP contribution in [-0.4, -0.2) is 59.5 Å². The summed E-state index contributed by atoms with van der Waals surface area (Å²) in [4.78, 5) is 24.9. The zero-order valence-corrected chi connectivity index (χ0v) is 13.1. The number of rotatable bonds is 5. The third kappa shape index (κ3) is 4.67. The lowest BCUT2D eigenvalue weighted by Gasteiger charge is -2.34. The van der Waals surface area contributed by atoms with E-state index < -0.39 is 0 Å². The van der Waals surface area contributed by atoms with Crippen LogP contribution in [0.4, 0.5) is 5.95 Å². The topological polar surface area (TPSA) is 61.4 Å². The van der Waals surface area contributed by atoms with Crippen molar-refractivity contribution in [3.05, 3.63) is 18.5 Å². The highest BCUT2D eigenvalue weighted by Crippen LogP contribution is 2.09. The lowest BCUT2D eigenvalue weighted by Crippen LogP contribution is -2.51. The average Bonchev–Trinajstić information content (AvgIpc) is 2.48. The van der Waals surface area contributed by atoms with Crippen LogP contribution in [0.1, 0.15) is 20.8 Å². The first-order valence-corrected chi connectivity index (χ1v) is 7.60. The van der Waals surface area contributed by atoms with Crippen LogP contribution in [0.25, 0.3) is 0 Å². The fourth-order valence-corrected chi connectivity index (χ4v) is 2.23. The van der Waals surface area contributed by atoms with Crippen molar-refractivity contribution in [1.29, 1.82) is 0 Å². The third-order valence-corrected chi connectivity index (χ3v) is 3.96. The SMILES string of the molecule is CC(C)C(C)NC(=O)CN1CCN(c2ncccn2)CC1. The Bertz CT molecular complexity index is 443. The van der Waals surface area contributed by atoms with Crippen LogP contribution in [0, 0.1) is 5.92 Å². The Hall–Kier alpha value is -1.69. The first-order chi connectivity index (χ1) is 10.1. The number of hydrogen-bond donors (Lipinski definition) is 1. The number of carbonyl (C=O) groups is 1. The molecule has 0 aromatic carbocycles. The summed E-state index contributed by atoms with van der Waals surface area (Å²) in [6.45, 7) is 10.2. The molecule has 1 saturated heterocycles. The van der Waals surface area contributed by atoms with E-state index in [0.29, 0.717) is 12.5 Å². The van der Waals surface area contributed by atoms with E-state index in [4.69, 9.17) is 0 Å². The number of anilines is 1. The lowest BCUT2D eigenvalue weighted by atomic mass is 10.1. The molecule has 1 N–H and O–H groups in total. The summed E-state index contributed by atoms with van der Waals surface area (Å²) in [6.07, 6.45) is 3.52. The van der Waals surface area contributed by atoms with Crippen LogP contribution in [0.2, 0.25) is 0 Å². The fraction of sp³-hybridized carbons (Fsp3) is 0.667. The smallest absolute Gasteiger partial charge is 0.234 e. The van der Waals surface area contributed by atoms with Crippen LogP contribution in [0.15, 0.2) is 18.5 Å². The second-order valence-electron chi connectivity index (χ2n) is 5.91. The minimum absolute atomic E-state index is 0.112. The lowest BCUT2D eigenvalue weighted by molar-refractivity contribution is -0.123. The molecule has 6 nitrogen and oxygen atoms in total. The van der Waals surface area contributed by atoms with E-state index in [0.717, 1.165) is 32.1 Å². The van der Waals surface area contributed by atoms with E-state index in [9.17, 15) is 4.79 Å². The Morgan fingerprint density at radius 1 is 1.19 bits per heavy atom. The van der Waals surface area contributed by atoms with Crippen molar-refractivity contribution in [3.63, 3.8) is 0 Å². The maximum absolute atomic E-state index is 12.0. The second-order valence-corrected chi connectivity index (χ2v) is 5.91. The van der Waals surface area contributed by atoms with Gasteiger partial charge in [-0.15, -0.1) is 0 Å². The second kappa shape index (κ2) is 7.36. The van der Waals surface area contributed by atoms with Crippen LogP contribution in [0.5, 0.6) is 0 Å². The molecule has 2 heterocycles. The van der Waals surface area contributed by atoms with E-state index in [1.807, 2.05) is 13.0 Å². The molecule has 1 fully saturated rings. The first kappa shape index (κ1) is 15.7. The molecule has 1 aliphatic rings. The van der Waals surface area contributed by atoms with Crippen molar-refractivity contribution in [3.8, 4) is 0 Å². The normalized spacial score (nSPS) is 17.8. The van der Waals surface area contributed by atoms with E-state index in [1.54, 1.807) is 12.4 Å². The monoisotopic (exact) mass is 291 g/mol. The fourth-order valence-electron chi connectivity index (χ4n) is 2.23. The van der Waals surface area contributed by atoms with Crippen molar-refractivity contribution in [2.45, 2.75) is 26.8 Å². The van der Waals surface area contributed by atoms with Crippen molar-refractivity contribution in [1.82, 2.24) is 20.2 Å². The molecule has 6 heteroatoms. The molecule has 0 radical (unpaired) electrons. The summed E-state index contributed by atoms with van der Waals surface area (Å²) in [7, 11) is 0. The average molecular weight is 291 g/mol. The van der Waals surface area contributed by atoms with Gasteiger partial charge in [-0.25, -0.2) is 9.97 Å². The summed E-state index contributed by atoms with van der Waals surface area (Å²) in [5.41, 5.74) is 0. The van der Waals surface area contributed by atoms with E-state index >= 15 is 0 Å². The Morgan fingerprint density at radius 2 is 1.81 bits per heavy atom. The summed E-state index contributed by atoms with van der Waals surface area (Å²) in [5.74, 6) is 1.34. The van der Waals surface area contributed by atoms with E-state index in [-0.39, 0.29) is 11.9 Å². The highest BCUT2D eigenvalue weighted by atomic mass is 16.2. The standard InChI is InChI=1S/C15H25N5O/c1-12(2)13(3)18-14(21)11-19-7-9-20(10-8-19)15-16-5-4-6-17-15/h4-6,12-13H,7-11H2,1-3H3,(H,18,21). The van der Waals surface area contributed by atoms with Gasteiger partial charge in [0.1, 0.15) is 0 Å². The Labute approximate surface area is 126 Å². The number of nitrogens with one attached hydrogen (secondary N) is 1. The quantitative estimate of drug-likeness (QED) is 0.868. The molecule has 1 aliphatic heterocycles. The molecule has 1 unspecified atom stereocenters. The molecule has 1 atom stereocenters. The van der Waals surface area contributed by atoms with E-state index in [1.165, 1.54) is 0 Å². The number of carbonyl (C=O) groups excluding carboxylic acids is 1. The molecule has 0 spiro atoms. The Morgan fingerprint density at radius 3 is 2.38 bits per heavy atom. The third-order valence-electron chi connectivity index (χ3n) is 3.96. The molecular formula is C15H25N5O. The molecule has 0 saturated carbocycles. The number of piperazine rings is 1. The van der Waals surface area contributed by atoms with Gasteiger partial charge in [-0.3, -0.25) is 9.69 Å². The summed E-state index contributed by atoms with van der Waals surface area (Å²) in [6, 6.07) is 2.04. The first-order valence-electron chi connectivity index (χ1n) is 7.60. The van der Waals surface area contributed by atoms with Gasteiger partial charge in [-0.05, 0) is 18.9 Å². The van der Waals surface area contributed by atoms with Gasteiger partial charge in [0.15, 0.2) is 0 Å². The number of hydrogen-bond acceptors (Lipinski definition) is 5. The zero-order chi connectivity index (χ0) is 15.2. The van der Waals surface area contributed by atoms with Gasteiger partial charge < -0.3 is 10.2 Å². The van der Waals surface area contributed by atoms with Crippen LogP contribution in [-0.2, 0) is 4.79 Å². The van der Waals surface area contributed by atoms with Gasteiger partial charge in [0.2, 0.25) is 11.9 Å². The van der Waals surface area contributed by atoms with Crippen molar-refractivity contribution in [2.75, 3.05) is 37.6 Å². The molecule has 2 rings (SSSR count). The highest BCUT2D eigenvalue weighted by molar-refractivity contribution is 5.78. The van der Waals surface area contributed by atoms with Crippen molar-refractivity contribution >= 4 is 11.9 Å². The molecule has 116 valence electrons. The molecular weight excluding hydrogens is 266 g/mol. The van der Waals surface area contributed by atoms with Gasteiger partial charge >= 0.3 is 0 Å². The number of nitrogens with zero attached hydrogens (tertiary/aromatic N) is 4. The molecule has 21 heavy (non-hydrogen) atoms. The number of amides is 1. The van der Waals surface area contributed by atoms with E-state index in [2.05, 4.69) is 38.9 Å². The maximum atomic E-state index is 12.0. The minimum atomic E-state index is 0.112. The van der Waals surface area contributed by atoms with Crippen molar-refractivity contribution in [2.24, 2.45) is 5.92 Å². The van der Waals surface area contributed by atoms with Crippen LogP contribution >= 0.6 is 0 Å². The van der Waals surface area contributed by atoms with Gasteiger partial charge in [0.05, 0.1) is 6.54 Å². The van der Waals surface area contributed by atoms with Gasteiger partial charge in [-0.1, -0.05) is 13.8 Å². The number of aromatic nitrogens is 2. The molecule has 0 aliphatic carbocycles. The van der Waals surface area contributed by atoms with Crippen LogP contribution in [0.3, 0.4) is 0 Å². The van der Waals surface area contributed by atoms with Crippen LogP contribution < -0.4 is 10.2 Å². The van der Waals surface area contributed by atoms with Gasteiger partial charge in [-0.2, -0.15) is 0 Å². The zero-order valence-electron chi connectivity index (χ0n) is 13.1. The molecule has 0 bridgehead atoms. The largest absolute Gasteiger partial charge is 0.352 e. The molecule has 1 aromatic rings. The maximum Gasteiger partial charge on any atom is 0.234 e. The van der Waals surface area contributed by atoms with Gasteiger partial charge in [0.25, 0.3) is 0 Å². The predicted octanol–water partition coefficient (Wildman–Crippen LogP) is 0.759. The summed E-state index contributed by atoms with van der Waals surface area (Å²) < 4.78 is 0.